The Labute approximate surface area is 146 Å². The molecule has 0 unspecified atom stereocenters. The van der Waals surface area contributed by atoms with E-state index in [-0.39, 0.29) is 17.5 Å². The fourth-order valence-electron chi connectivity index (χ4n) is 2.89. The first-order valence-electron chi connectivity index (χ1n) is 7.63. The second-order valence-corrected chi connectivity index (χ2v) is 7.70. The number of halogens is 1. The van der Waals surface area contributed by atoms with Crippen LogP contribution in [0.3, 0.4) is 0 Å². The van der Waals surface area contributed by atoms with Crippen molar-refractivity contribution in [1.82, 2.24) is 9.29 Å². The fraction of sp³-hybridized carbons (Fsp3) is 0.312. The maximum Gasteiger partial charge on any atom is 0.243 e. The highest BCUT2D eigenvalue weighted by atomic mass is 35.5. The van der Waals surface area contributed by atoms with Gasteiger partial charge < -0.3 is 5.11 Å². The summed E-state index contributed by atoms with van der Waals surface area (Å²) in [6.45, 7) is 0.291. The van der Waals surface area contributed by atoms with Crippen molar-refractivity contribution in [3.63, 3.8) is 0 Å². The first-order chi connectivity index (χ1) is 11.6. The van der Waals surface area contributed by atoms with Gasteiger partial charge in [-0.05, 0) is 37.1 Å². The van der Waals surface area contributed by atoms with Gasteiger partial charge in [0.05, 0.1) is 17.2 Å². The lowest BCUT2D eigenvalue weighted by atomic mass is 10.1. The van der Waals surface area contributed by atoms with E-state index in [0.717, 1.165) is 12.0 Å². The molecule has 1 aliphatic heterocycles. The van der Waals surface area contributed by atoms with Gasteiger partial charge in [0.2, 0.25) is 10.0 Å². The number of aromatic nitrogens is 1. The van der Waals surface area contributed by atoms with Crippen molar-refractivity contribution in [3.8, 4) is 11.3 Å². The molecule has 0 aliphatic carbocycles. The molecule has 0 bridgehead atoms. The molecular formula is C16H18ClN3O3S. The van der Waals surface area contributed by atoms with Crippen LogP contribution in [0.15, 0.2) is 47.4 Å². The van der Waals surface area contributed by atoms with E-state index in [9.17, 15) is 13.5 Å². The van der Waals surface area contributed by atoms with Gasteiger partial charge in [0.15, 0.2) is 0 Å². The maximum absolute atomic E-state index is 12.7. The van der Waals surface area contributed by atoms with Crippen molar-refractivity contribution < 1.29 is 13.5 Å². The summed E-state index contributed by atoms with van der Waals surface area (Å²) < 4.78 is 26.8. The molecule has 1 aromatic heterocycles. The second-order valence-electron chi connectivity index (χ2n) is 5.62. The van der Waals surface area contributed by atoms with Crippen LogP contribution in [0.5, 0.6) is 0 Å². The second kappa shape index (κ2) is 7.06. The largest absolute Gasteiger partial charge is 0.395 e. The standard InChI is InChI=1S/C16H18ClN3O3S/c17-19-16-5-1-4-15(18-16)12-6-8-14(9-7-12)24(22,23)20-10-2-3-13(20)11-21/h1,4-9,13,21H,2-3,10-11H2,(H,18,19)/t13-/m1/s1. The molecule has 24 heavy (non-hydrogen) atoms. The van der Waals surface area contributed by atoms with E-state index >= 15 is 0 Å². The SMILES string of the molecule is O=S(=O)(c1ccc(-c2cccc(NCl)n2)cc1)N1CCC[C@@H]1CO. The zero-order valence-electron chi connectivity index (χ0n) is 12.9. The number of rotatable bonds is 5. The van der Waals surface area contributed by atoms with E-state index in [1.54, 1.807) is 30.3 Å². The predicted molar refractivity (Wildman–Crippen MR) is 93.1 cm³/mol. The van der Waals surface area contributed by atoms with Gasteiger partial charge in [-0.1, -0.05) is 18.2 Å². The van der Waals surface area contributed by atoms with Crippen LogP contribution in [-0.4, -0.2) is 42.0 Å². The number of hydrogen-bond donors (Lipinski definition) is 2. The average molecular weight is 368 g/mol. The number of anilines is 1. The Bertz CT molecular complexity index is 812. The number of aliphatic hydroxyl groups is 1. The Kier molecular flexibility index (Phi) is 5.05. The molecule has 0 radical (unpaired) electrons. The number of nitrogens with one attached hydrogen (secondary N) is 1. The molecule has 1 saturated heterocycles. The minimum atomic E-state index is -3.59. The third-order valence-electron chi connectivity index (χ3n) is 4.14. The number of pyridine rings is 1. The summed E-state index contributed by atoms with van der Waals surface area (Å²) in [6.07, 6.45) is 1.46. The van der Waals surface area contributed by atoms with Crippen LogP contribution in [0.2, 0.25) is 0 Å². The van der Waals surface area contributed by atoms with Crippen LogP contribution >= 0.6 is 11.8 Å². The lowest BCUT2D eigenvalue weighted by Gasteiger charge is -2.22. The molecule has 6 nitrogen and oxygen atoms in total. The highest BCUT2D eigenvalue weighted by Gasteiger charge is 2.34. The van der Waals surface area contributed by atoms with E-state index in [1.807, 2.05) is 12.1 Å². The molecule has 3 rings (SSSR count). The summed E-state index contributed by atoms with van der Waals surface area (Å²) in [4.78, 5) is 7.00. The summed E-state index contributed by atoms with van der Waals surface area (Å²) >= 11 is 5.55. The van der Waals surface area contributed by atoms with Crippen molar-refractivity contribution in [2.75, 3.05) is 18.0 Å². The van der Waals surface area contributed by atoms with Gasteiger partial charge in [0, 0.05) is 29.9 Å². The van der Waals surface area contributed by atoms with Crippen LogP contribution in [-0.2, 0) is 10.0 Å². The van der Waals surface area contributed by atoms with Crippen LogP contribution in [0.1, 0.15) is 12.8 Å². The predicted octanol–water partition coefficient (Wildman–Crippen LogP) is 2.46. The summed E-state index contributed by atoms with van der Waals surface area (Å²) in [5.41, 5.74) is 1.49. The molecular weight excluding hydrogens is 350 g/mol. The highest BCUT2D eigenvalue weighted by Crippen LogP contribution is 2.27. The maximum atomic E-state index is 12.7. The third-order valence-corrected chi connectivity index (χ3v) is 6.30. The molecule has 128 valence electrons. The van der Waals surface area contributed by atoms with Gasteiger partial charge >= 0.3 is 0 Å². The first-order valence-corrected chi connectivity index (χ1v) is 9.45. The molecule has 0 amide bonds. The van der Waals surface area contributed by atoms with Gasteiger partial charge in [0.25, 0.3) is 0 Å². The Morgan fingerprint density at radius 2 is 2.00 bits per heavy atom. The topological polar surface area (TPSA) is 82.5 Å². The Morgan fingerprint density at radius 1 is 1.25 bits per heavy atom. The van der Waals surface area contributed by atoms with Crippen molar-refractivity contribution in [2.24, 2.45) is 0 Å². The third kappa shape index (κ3) is 3.25. The van der Waals surface area contributed by atoms with Crippen LogP contribution in [0.25, 0.3) is 11.3 Å². The minimum absolute atomic E-state index is 0.153. The van der Waals surface area contributed by atoms with Crippen molar-refractivity contribution >= 4 is 27.6 Å². The summed E-state index contributed by atoms with van der Waals surface area (Å²) in [6, 6.07) is 11.6. The Hall–Kier alpha value is -1.67. The van der Waals surface area contributed by atoms with E-state index in [0.29, 0.717) is 24.5 Å². The molecule has 1 aliphatic rings. The Morgan fingerprint density at radius 3 is 2.67 bits per heavy atom. The van der Waals surface area contributed by atoms with Gasteiger partial charge in [0.1, 0.15) is 5.82 Å². The van der Waals surface area contributed by atoms with Crippen molar-refractivity contribution in [2.45, 2.75) is 23.8 Å². The number of hydrogen-bond acceptors (Lipinski definition) is 5. The van der Waals surface area contributed by atoms with E-state index < -0.39 is 10.0 Å². The number of nitrogens with zero attached hydrogens (tertiary/aromatic N) is 2. The van der Waals surface area contributed by atoms with Crippen LogP contribution in [0, 0.1) is 0 Å². The van der Waals surface area contributed by atoms with Crippen molar-refractivity contribution in [1.29, 1.82) is 0 Å². The van der Waals surface area contributed by atoms with Crippen LogP contribution in [0.4, 0.5) is 5.82 Å². The molecule has 2 heterocycles. The smallest absolute Gasteiger partial charge is 0.243 e. The average Bonchev–Trinajstić information content (AvgIpc) is 3.11. The lowest BCUT2D eigenvalue weighted by Crippen LogP contribution is -2.37. The van der Waals surface area contributed by atoms with Crippen LogP contribution < -0.4 is 4.84 Å². The number of benzene rings is 1. The molecule has 2 N–H and O–H groups in total. The monoisotopic (exact) mass is 367 g/mol. The summed E-state index contributed by atoms with van der Waals surface area (Å²) in [5.74, 6) is 0.522. The first kappa shape index (κ1) is 17.2. The van der Waals surface area contributed by atoms with Gasteiger partial charge in [-0.15, -0.1) is 0 Å². The van der Waals surface area contributed by atoms with Gasteiger partial charge in [-0.2, -0.15) is 4.31 Å². The molecule has 8 heteroatoms. The number of aliphatic hydroxyl groups excluding tert-OH is 1. The molecule has 1 fully saturated rings. The van der Waals surface area contributed by atoms with Gasteiger partial charge in [-0.25, -0.2) is 13.4 Å². The Balaban J connectivity index is 1.88. The molecule has 1 atom stereocenters. The molecule has 1 aromatic carbocycles. The lowest BCUT2D eigenvalue weighted by molar-refractivity contribution is 0.213. The van der Waals surface area contributed by atoms with Gasteiger partial charge in [-0.3, -0.25) is 4.84 Å². The number of sulfonamides is 1. The minimum Gasteiger partial charge on any atom is -0.395 e. The summed E-state index contributed by atoms with van der Waals surface area (Å²) in [5, 5.41) is 9.36. The molecule has 2 aromatic rings. The zero-order valence-corrected chi connectivity index (χ0v) is 14.5. The van der Waals surface area contributed by atoms with E-state index in [1.165, 1.54) is 4.31 Å². The molecule has 0 spiro atoms. The quantitative estimate of drug-likeness (QED) is 0.793. The van der Waals surface area contributed by atoms with Crippen molar-refractivity contribution in [3.05, 3.63) is 42.5 Å². The summed E-state index contributed by atoms with van der Waals surface area (Å²) in [7, 11) is -3.59. The fourth-order valence-corrected chi connectivity index (χ4v) is 4.68. The zero-order chi connectivity index (χ0) is 17.2. The van der Waals surface area contributed by atoms with E-state index in [4.69, 9.17) is 11.8 Å². The molecule has 0 saturated carbocycles. The normalized spacial score (nSPS) is 18.7. The highest BCUT2D eigenvalue weighted by molar-refractivity contribution is 7.89. The van der Waals surface area contributed by atoms with E-state index in [2.05, 4.69) is 9.82 Å².